The first-order valence-electron chi connectivity index (χ1n) is 6.06. The zero-order valence-electron chi connectivity index (χ0n) is 11.0. The molecule has 102 valence electrons. The third-order valence-electron chi connectivity index (χ3n) is 3.39. The van der Waals surface area contributed by atoms with Crippen molar-refractivity contribution in [2.24, 2.45) is 0 Å². The van der Waals surface area contributed by atoms with Crippen LogP contribution in [0.4, 0.5) is 13.2 Å². The van der Waals surface area contributed by atoms with Crippen LogP contribution in [0.3, 0.4) is 0 Å². The molecule has 0 bridgehead atoms. The van der Waals surface area contributed by atoms with E-state index in [0.717, 1.165) is 0 Å². The minimum atomic E-state index is -4.26. The van der Waals surface area contributed by atoms with Crippen LogP contribution >= 0.6 is 0 Å². The van der Waals surface area contributed by atoms with Crippen molar-refractivity contribution in [1.29, 1.82) is 0 Å². The summed E-state index contributed by atoms with van der Waals surface area (Å²) in [6.45, 7) is 8.72. The van der Waals surface area contributed by atoms with E-state index < -0.39 is 24.6 Å². The van der Waals surface area contributed by atoms with Crippen molar-refractivity contribution in [3.8, 4) is 0 Å². The second kappa shape index (κ2) is 6.38. The van der Waals surface area contributed by atoms with Crippen molar-refractivity contribution in [3.05, 3.63) is 0 Å². The van der Waals surface area contributed by atoms with Gasteiger partial charge < -0.3 is 0 Å². The number of Topliss-reactive ketones (excluding diaryl/α,β-unsaturated/α-hetero) is 1. The first kappa shape index (κ1) is 16.4. The lowest BCUT2D eigenvalue weighted by Gasteiger charge is -2.38. The summed E-state index contributed by atoms with van der Waals surface area (Å²) in [7, 11) is 0. The summed E-state index contributed by atoms with van der Waals surface area (Å²) < 4.78 is 36.3. The summed E-state index contributed by atoms with van der Waals surface area (Å²) in [5.41, 5.74) is -0.769. The number of ketones is 1. The van der Waals surface area contributed by atoms with Crippen LogP contribution < -0.4 is 0 Å². The SMILES string of the molecule is CCN(CC)C(C)(CC)C(=O)CCC(F)(F)F. The van der Waals surface area contributed by atoms with Crippen molar-refractivity contribution >= 4 is 5.78 Å². The third-order valence-corrected chi connectivity index (χ3v) is 3.39. The highest BCUT2D eigenvalue weighted by Crippen LogP contribution is 2.27. The lowest BCUT2D eigenvalue weighted by Crippen LogP contribution is -2.52. The topological polar surface area (TPSA) is 20.3 Å². The Hall–Kier alpha value is -0.580. The number of halogens is 3. The fourth-order valence-electron chi connectivity index (χ4n) is 2.04. The molecule has 1 unspecified atom stereocenters. The molecule has 0 aliphatic rings. The molecule has 17 heavy (non-hydrogen) atoms. The fourth-order valence-corrected chi connectivity index (χ4v) is 2.04. The predicted octanol–water partition coefficient (Wildman–Crippen LogP) is 3.41. The van der Waals surface area contributed by atoms with Crippen molar-refractivity contribution in [2.45, 2.75) is 58.7 Å². The van der Waals surface area contributed by atoms with E-state index in [9.17, 15) is 18.0 Å². The zero-order valence-corrected chi connectivity index (χ0v) is 11.0. The lowest BCUT2D eigenvalue weighted by molar-refractivity contribution is -0.148. The maximum Gasteiger partial charge on any atom is 0.389 e. The minimum absolute atomic E-state index is 0.318. The molecule has 0 rings (SSSR count). The summed E-state index contributed by atoms with van der Waals surface area (Å²) in [4.78, 5) is 13.9. The van der Waals surface area contributed by atoms with Gasteiger partial charge in [0, 0.05) is 6.42 Å². The molecule has 0 N–H and O–H groups in total. The molecule has 0 aromatic rings. The van der Waals surface area contributed by atoms with Gasteiger partial charge in [-0.3, -0.25) is 9.69 Å². The van der Waals surface area contributed by atoms with Gasteiger partial charge in [0.25, 0.3) is 0 Å². The molecule has 0 aliphatic carbocycles. The van der Waals surface area contributed by atoms with Gasteiger partial charge in [-0.05, 0) is 26.4 Å². The van der Waals surface area contributed by atoms with Crippen LogP contribution in [0, 0.1) is 0 Å². The first-order valence-corrected chi connectivity index (χ1v) is 6.06. The van der Waals surface area contributed by atoms with Crippen LogP contribution in [0.5, 0.6) is 0 Å². The molecule has 0 aromatic carbocycles. The van der Waals surface area contributed by atoms with Crippen LogP contribution in [0.15, 0.2) is 0 Å². The second-order valence-corrected chi connectivity index (χ2v) is 4.34. The molecule has 1 atom stereocenters. The molecule has 0 amide bonds. The van der Waals surface area contributed by atoms with Crippen molar-refractivity contribution in [2.75, 3.05) is 13.1 Å². The molecule has 0 saturated heterocycles. The van der Waals surface area contributed by atoms with Crippen LogP contribution in [0.2, 0.25) is 0 Å². The number of carbonyl (C=O) groups excluding carboxylic acids is 1. The Kier molecular flexibility index (Phi) is 6.16. The molecule has 0 spiro atoms. The Bertz CT molecular complexity index is 249. The minimum Gasteiger partial charge on any atom is -0.298 e. The number of hydrogen-bond donors (Lipinski definition) is 0. The molecule has 5 heteroatoms. The van der Waals surface area contributed by atoms with E-state index in [2.05, 4.69) is 0 Å². The van der Waals surface area contributed by atoms with Crippen LogP contribution in [-0.2, 0) is 4.79 Å². The Morgan fingerprint density at radius 2 is 1.59 bits per heavy atom. The van der Waals surface area contributed by atoms with E-state index in [1.807, 2.05) is 25.7 Å². The quantitative estimate of drug-likeness (QED) is 0.693. The Labute approximate surface area is 101 Å². The van der Waals surface area contributed by atoms with E-state index in [1.54, 1.807) is 6.92 Å². The van der Waals surface area contributed by atoms with Gasteiger partial charge in [0.2, 0.25) is 0 Å². The molecule has 0 radical (unpaired) electrons. The monoisotopic (exact) mass is 253 g/mol. The summed E-state index contributed by atoms with van der Waals surface area (Å²) in [5, 5.41) is 0. The number of nitrogens with zero attached hydrogens (tertiary/aromatic N) is 1. The zero-order chi connectivity index (χ0) is 13.7. The predicted molar refractivity (Wildman–Crippen MR) is 61.9 cm³/mol. The number of hydrogen-bond acceptors (Lipinski definition) is 2. The maximum atomic E-state index is 12.1. The molecular weight excluding hydrogens is 231 g/mol. The molecule has 0 aromatic heterocycles. The number of alkyl halides is 3. The molecular formula is C12H22F3NO. The number of likely N-dealkylation sites (N-methyl/N-ethyl adjacent to an activating group) is 1. The van der Waals surface area contributed by atoms with E-state index in [4.69, 9.17) is 0 Å². The highest BCUT2D eigenvalue weighted by molar-refractivity contribution is 5.88. The van der Waals surface area contributed by atoms with Crippen LogP contribution in [0.25, 0.3) is 0 Å². The molecule has 0 heterocycles. The van der Waals surface area contributed by atoms with Gasteiger partial charge in [-0.2, -0.15) is 13.2 Å². The summed E-state index contributed by atoms with van der Waals surface area (Å²) in [6.07, 6.45) is -5.17. The van der Waals surface area contributed by atoms with E-state index in [-0.39, 0.29) is 5.78 Å². The smallest absolute Gasteiger partial charge is 0.298 e. The lowest BCUT2D eigenvalue weighted by atomic mass is 9.88. The van der Waals surface area contributed by atoms with Gasteiger partial charge in [0.1, 0.15) is 0 Å². The number of rotatable bonds is 7. The first-order chi connectivity index (χ1) is 7.71. The maximum absolute atomic E-state index is 12.1. The molecule has 2 nitrogen and oxygen atoms in total. The molecule has 0 aliphatic heterocycles. The summed E-state index contributed by atoms with van der Waals surface area (Å²) in [6, 6.07) is 0. The Morgan fingerprint density at radius 1 is 1.12 bits per heavy atom. The van der Waals surface area contributed by atoms with E-state index in [0.29, 0.717) is 19.5 Å². The normalized spacial score (nSPS) is 16.0. The van der Waals surface area contributed by atoms with Crippen LogP contribution in [0.1, 0.15) is 47.0 Å². The Morgan fingerprint density at radius 3 is 1.88 bits per heavy atom. The highest BCUT2D eigenvalue weighted by atomic mass is 19.4. The van der Waals surface area contributed by atoms with Crippen molar-refractivity contribution in [3.63, 3.8) is 0 Å². The van der Waals surface area contributed by atoms with Crippen LogP contribution in [-0.4, -0.2) is 35.5 Å². The van der Waals surface area contributed by atoms with Gasteiger partial charge in [-0.15, -0.1) is 0 Å². The fraction of sp³-hybridized carbons (Fsp3) is 0.917. The van der Waals surface area contributed by atoms with Gasteiger partial charge >= 0.3 is 6.18 Å². The number of carbonyl (C=O) groups is 1. The highest BCUT2D eigenvalue weighted by Gasteiger charge is 2.38. The van der Waals surface area contributed by atoms with Crippen molar-refractivity contribution in [1.82, 2.24) is 4.90 Å². The standard InChI is InChI=1S/C12H22F3NO/c1-5-11(4,16(6-2)7-3)10(17)8-9-12(13,14)15/h5-9H2,1-4H3. The molecule has 0 saturated carbocycles. The largest absolute Gasteiger partial charge is 0.389 e. The average Bonchev–Trinajstić information content (AvgIpc) is 2.25. The van der Waals surface area contributed by atoms with Crippen molar-refractivity contribution < 1.29 is 18.0 Å². The van der Waals surface area contributed by atoms with Gasteiger partial charge in [-0.1, -0.05) is 20.8 Å². The molecule has 0 fully saturated rings. The second-order valence-electron chi connectivity index (χ2n) is 4.34. The average molecular weight is 253 g/mol. The van der Waals surface area contributed by atoms with Gasteiger partial charge in [-0.25, -0.2) is 0 Å². The van der Waals surface area contributed by atoms with E-state index in [1.165, 1.54) is 0 Å². The summed E-state index contributed by atoms with van der Waals surface area (Å²) in [5.74, 6) is -0.318. The third kappa shape index (κ3) is 4.66. The van der Waals surface area contributed by atoms with Gasteiger partial charge in [0.15, 0.2) is 5.78 Å². The van der Waals surface area contributed by atoms with Gasteiger partial charge in [0.05, 0.1) is 12.0 Å². The summed E-state index contributed by atoms with van der Waals surface area (Å²) >= 11 is 0. The van der Waals surface area contributed by atoms with E-state index >= 15 is 0 Å². The Balaban J connectivity index is 4.69.